The summed E-state index contributed by atoms with van der Waals surface area (Å²) in [6.45, 7) is 5.04. The molecule has 0 N–H and O–H groups in total. The van der Waals surface area contributed by atoms with E-state index in [1.54, 1.807) is 17.7 Å². The molecule has 2 saturated heterocycles. The van der Waals surface area contributed by atoms with Gasteiger partial charge in [0.15, 0.2) is 0 Å². The molecule has 0 bridgehead atoms. The maximum atomic E-state index is 12.6. The average molecular weight is 331 g/mol. The van der Waals surface area contributed by atoms with Crippen LogP contribution in [0.1, 0.15) is 19.3 Å². The smallest absolute Gasteiger partial charge is 0.320 e. The van der Waals surface area contributed by atoms with Gasteiger partial charge in [-0.1, -0.05) is 0 Å². The van der Waals surface area contributed by atoms with E-state index in [2.05, 4.69) is 26.3 Å². The Morgan fingerprint density at radius 2 is 1.70 bits per heavy atom. The molecule has 4 heterocycles. The summed E-state index contributed by atoms with van der Waals surface area (Å²) in [5, 5.41) is 3.17. The fraction of sp³-hybridized carbons (Fsp3) is 0.562. The van der Waals surface area contributed by atoms with E-state index < -0.39 is 0 Å². The molecule has 2 aromatic heterocycles. The van der Waals surface area contributed by atoms with E-state index in [1.807, 2.05) is 9.80 Å². The van der Waals surface area contributed by atoms with Gasteiger partial charge in [-0.25, -0.2) is 14.8 Å². The highest BCUT2D eigenvalue weighted by atomic mass is 32.1. The van der Waals surface area contributed by atoms with Crippen molar-refractivity contribution in [2.75, 3.05) is 44.2 Å². The third-order valence-corrected chi connectivity index (χ3v) is 5.54. The molecule has 0 aliphatic carbocycles. The van der Waals surface area contributed by atoms with Gasteiger partial charge in [0.25, 0.3) is 0 Å². The highest BCUT2D eigenvalue weighted by Crippen LogP contribution is 2.27. The Morgan fingerprint density at radius 1 is 0.957 bits per heavy atom. The van der Waals surface area contributed by atoms with Crippen LogP contribution in [0.15, 0.2) is 17.8 Å². The number of hydrogen-bond acceptors (Lipinski definition) is 5. The Hall–Kier alpha value is -1.89. The van der Waals surface area contributed by atoms with E-state index in [0.29, 0.717) is 0 Å². The Morgan fingerprint density at radius 3 is 2.48 bits per heavy atom. The number of likely N-dealkylation sites (tertiary alicyclic amines) is 1. The van der Waals surface area contributed by atoms with Crippen LogP contribution in [0.5, 0.6) is 0 Å². The van der Waals surface area contributed by atoms with Gasteiger partial charge in [0.2, 0.25) is 0 Å². The molecule has 23 heavy (non-hydrogen) atoms. The molecule has 6 nitrogen and oxygen atoms in total. The first kappa shape index (κ1) is 14.7. The lowest BCUT2D eigenvalue weighted by atomic mass is 10.1. The predicted octanol–water partition coefficient (Wildman–Crippen LogP) is 2.42. The van der Waals surface area contributed by atoms with Crippen LogP contribution in [-0.4, -0.2) is 65.1 Å². The Kier molecular flexibility index (Phi) is 4.03. The van der Waals surface area contributed by atoms with Crippen LogP contribution < -0.4 is 4.90 Å². The second-order valence-corrected chi connectivity index (χ2v) is 7.04. The lowest BCUT2D eigenvalue weighted by molar-refractivity contribution is 0.141. The second kappa shape index (κ2) is 6.31. The largest absolute Gasteiger partial charge is 0.352 e. The Labute approximate surface area is 139 Å². The minimum atomic E-state index is 0.215. The van der Waals surface area contributed by atoms with Crippen molar-refractivity contribution in [2.45, 2.75) is 19.3 Å². The topological polar surface area (TPSA) is 52.6 Å². The highest BCUT2D eigenvalue weighted by Gasteiger charge is 2.27. The monoisotopic (exact) mass is 331 g/mol. The molecule has 122 valence electrons. The van der Waals surface area contributed by atoms with Crippen LogP contribution in [0.4, 0.5) is 10.6 Å². The van der Waals surface area contributed by atoms with Crippen molar-refractivity contribution in [3.05, 3.63) is 17.8 Å². The third kappa shape index (κ3) is 2.85. The van der Waals surface area contributed by atoms with Gasteiger partial charge >= 0.3 is 6.03 Å². The number of fused-ring (bicyclic) bond motifs is 1. The van der Waals surface area contributed by atoms with Gasteiger partial charge < -0.3 is 14.7 Å². The van der Waals surface area contributed by atoms with Gasteiger partial charge in [-0.15, -0.1) is 11.3 Å². The lowest BCUT2D eigenvalue weighted by Crippen LogP contribution is -2.53. The van der Waals surface area contributed by atoms with E-state index in [4.69, 9.17) is 0 Å². The van der Waals surface area contributed by atoms with Gasteiger partial charge in [-0.2, -0.15) is 0 Å². The van der Waals surface area contributed by atoms with Crippen LogP contribution in [0.3, 0.4) is 0 Å². The minimum Gasteiger partial charge on any atom is -0.352 e. The van der Waals surface area contributed by atoms with Crippen LogP contribution in [0.25, 0.3) is 10.2 Å². The van der Waals surface area contributed by atoms with Gasteiger partial charge in [-0.05, 0) is 30.7 Å². The molecule has 0 aromatic carbocycles. The van der Waals surface area contributed by atoms with Crippen molar-refractivity contribution in [1.29, 1.82) is 0 Å². The van der Waals surface area contributed by atoms with Crippen LogP contribution in [-0.2, 0) is 0 Å². The molecular weight excluding hydrogens is 310 g/mol. The normalized spacial score (nSPS) is 19.4. The molecule has 0 radical (unpaired) electrons. The molecule has 2 aliphatic heterocycles. The second-order valence-electron chi connectivity index (χ2n) is 6.14. The molecule has 4 rings (SSSR count). The average Bonchev–Trinajstić information content (AvgIpc) is 3.11. The molecular formula is C16H21N5OS. The van der Waals surface area contributed by atoms with Gasteiger partial charge in [0.05, 0.1) is 5.39 Å². The first-order valence-electron chi connectivity index (χ1n) is 8.30. The zero-order chi connectivity index (χ0) is 15.6. The zero-order valence-electron chi connectivity index (χ0n) is 13.1. The zero-order valence-corrected chi connectivity index (χ0v) is 14.0. The lowest BCUT2D eigenvalue weighted by Gasteiger charge is -2.39. The first-order chi connectivity index (χ1) is 11.3. The quantitative estimate of drug-likeness (QED) is 0.805. The van der Waals surface area contributed by atoms with Gasteiger partial charge in [-0.3, -0.25) is 0 Å². The number of piperidine rings is 1. The van der Waals surface area contributed by atoms with E-state index in [-0.39, 0.29) is 6.03 Å². The molecule has 2 aliphatic rings. The summed E-state index contributed by atoms with van der Waals surface area (Å²) in [5.41, 5.74) is 0. The van der Waals surface area contributed by atoms with E-state index in [9.17, 15) is 4.79 Å². The van der Waals surface area contributed by atoms with E-state index in [1.165, 1.54) is 6.42 Å². The van der Waals surface area contributed by atoms with Crippen molar-refractivity contribution in [3.8, 4) is 0 Å². The molecule has 0 saturated carbocycles. The molecule has 0 spiro atoms. The maximum Gasteiger partial charge on any atom is 0.320 e. The van der Waals surface area contributed by atoms with E-state index >= 15 is 0 Å². The van der Waals surface area contributed by atoms with Crippen molar-refractivity contribution in [1.82, 2.24) is 19.8 Å². The number of carbonyl (C=O) groups excluding carboxylic acids is 1. The summed E-state index contributed by atoms with van der Waals surface area (Å²) >= 11 is 1.64. The van der Waals surface area contributed by atoms with Crippen LogP contribution >= 0.6 is 11.3 Å². The van der Waals surface area contributed by atoms with Crippen molar-refractivity contribution >= 4 is 33.4 Å². The molecule has 7 heteroatoms. The summed E-state index contributed by atoms with van der Waals surface area (Å²) in [7, 11) is 0. The summed E-state index contributed by atoms with van der Waals surface area (Å²) in [5.74, 6) is 1.00. The number of carbonyl (C=O) groups is 1. The first-order valence-corrected chi connectivity index (χ1v) is 9.18. The van der Waals surface area contributed by atoms with Gasteiger partial charge in [0.1, 0.15) is 17.0 Å². The number of anilines is 1. The number of thiophene rings is 1. The molecule has 2 fully saturated rings. The summed E-state index contributed by atoms with van der Waals surface area (Å²) in [4.78, 5) is 28.7. The fourth-order valence-corrected chi connectivity index (χ4v) is 4.15. The van der Waals surface area contributed by atoms with Crippen LogP contribution in [0.2, 0.25) is 0 Å². The fourth-order valence-electron chi connectivity index (χ4n) is 3.42. The number of amides is 2. The number of hydrogen-bond donors (Lipinski definition) is 0. The van der Waals surface area contributed by atoms with E-state index in [0.717, 1.165) is 68.1 Å². The Balaban J connectivity index is 1.42. The number of piperazine rings is 1. The molecule has 2 amide bonds. The van der Waals surface area contributed by atoms with Crippen molar-refractivity contribution in [2.24, 2.45) is 0 Å². The molecule has 0 atom stereocenters. The molecule has 2 aromatic rings. The van der Waals surface area contributed by atoms with Crippen molar-refractivity contribution < 1.29 is 4.79 Å². The van der Waals surface area contributed by atoms with Gasteiger partial charge in [0, 0.05) is 39.3 Å². The summed E-state index contributed by atoms with van der Waals surface area (Å²) in [6, 6.07) is 2.30. The maximum absolute atomic E-state index is 12.6. The third-order valence-electron chi connectivity index (χ3n) is 4.72. The summed E-state index contributed by atoms with van der Waals surface area (Å²) in [6.07, 6.45) is 5.17. The molecule has 0 unspecified atom stereocenters. The Bertz CT molecular complexity index is 689. The number of urea groups is 1. The highest BCUT2D eigenvalue weighted by molar-refractivity contribution is 7.16. The minimum absolute atomic E-state index is 0.215. The predicted molar refractivity (Wildman–Crippen MR) is 92.0 cm³/mol. The number of rotatable bonds is 1. The summed E-state index contributed by atoms with van der Waals surface area (Å²) < 4.78 is 0. The van der Waals surface area contributed by atoms with Crippen molar-refractivity contribution in [3.63, 3.8) is 0 Å². The SMILES string of the molecule is O=C(N1CCCCC1)N1CCN(c2ncnc3sccc23)CC1. The number of nitrogens with zero attached hydrogens (tertiary/aromatic N) is 5. The number of aromatic nitrogens is 2. The standard InChI is InChI=1S/C16H21N5OS/c22-16(20-5-2-1-3-6-20)21-9-7-19(8-10-21)14-13-4-11-23-15(13)18-12-17-14/h4,11-12H,1-3,5-10H2. The van der Waals surface area contributed by atoms with Crippen LogP contribution in [0, 0.1) is 0 Å².